The smallest absolute Gasteiger partial charge is 0.268 e. The monoisotopic (exact) mass is 391 g/mol. The van der Waals surface area contributed by atoms with Crippen molar-refractivity contribution in [1.82, 2.24) is 14.9 Å². The van der Waals surface area contributed by atoms with E-state index in [0.717, 1.165) is 5.56 Å². The minimum atomic E-state index is -0.684. The number of benzene rings is 1. The first-order valence-electron chi connectivity index (χ1n) is 7.99. The number of carbonyl (C=O) groups excluding carboxylic acids is 1. The van der Waals surface area contributed by atoms with Crippen molar-refractivity contribution in [1.29, 1.82) is 0 Å². The summed E-state index contributed by atoms with van der Waals surface area (Å²) in [4.78, 5) is 33.2. The zero-order valence-electron chi connectivity index (χ0n) is 14.6. The standard InChI is InChI=1S/C18H18ClN3O3S/c1-10-8-12(19)4-5-14(10)25-11(2)18(24)22(3)9-15-20-13-6-7-26-16(13)17(23)21-15/h4-8,11H,9H2,1-3H3,(H,20,21,23). The Morgan fingerprint density at radius 3 is 2.92 bits per heavy atom. The molecule has 3 rings (SSSR count). The summed E-state index contributed by atoms with van der Waals surface area (Å²) in [6.07, 6.45) is -0.684. The number of aromatic amines is 1. The lowest BCUT2D eigenvalue weighted by molar-refractivity contribution is -0.137. The molecule has 3 aromatic rings. The molecule has 6 nitrogen and oxygen atoms in total. The second-order valence-electron chi connectivity index (χ2n) is 6.01. The van der Waals surface area contributed by atoms with Crippen LogP contribution in [-0.4, -0.2) is 33.9 Å². The average Bonchev–Trinajstić information content (AvgIpc) is 3.05. The largest absolute Gasteiger partial charge is 0.481 e. The Morgan fingerprint density at radius 1 is 1.42 bits per heavy atom. The summed E-state index contributed by atoms with van der Waals surface area (Å²) in [6, 6.07) is 7.03. The molecular formula is C18H18ClN3O3S. The summed E-state index contributed by atoms with van der Waals surface area (Å²) in [5.41, 5.74) is 1.30. The van der Waals surface area contributed by atoms with Crippen LogP contribution in [0.2, 0.25) is 5.02 Å². The first kappa shape index (κ1) is 18.4. The summed E-state index contributed by atoms with van der Waals surface area (Å²) in [5, 5.41) is 2.43. The van der Waals surface area contributed by atoms with Gasteiger partial charge in [-0.1, -0.05) is 11.6 Å². The van der Waals surface area contributed by atoms with E-state index >= 15 is 0 Å². The van der Waals surface area contributed by atoms with Crippen LogP contribution in [0.15, 0.2) is 34.4 Å². The Labute approximate surface area is 159 Å². The third-order valence-electron chi connectivity index (χ3n) is 3.92. The van der Waals surface area contributed by atoms with Gasteiger partial charge in [-0.3, -0.25) is 9.59 Å². The van der Waals surface area contributed by atoms with E-state index < -0.39 is 6.10 Å². The number of aryl methyl sites for hydroxylation is 1. The van der Waals surface area contributed by atoms with Gasteiger partial charge in [-0.05, 0) is 49.1 Å². The second-order valence-corrected chi connectivity index (χ2v) is 7.36. The van der Waals surface area contributed by atoms with Crippen molar-refractivity contribution in [2.45, 2.75) is 26.5 Å². The van der Waals surface area contributed by atoms with Crippen LogP contribution < -0.4 is 10.3 Å². The number of halogens is 1. The molecular weight excluding hydrogens is 374 g/mol. The highest BCUT2D eigenvalue weighted by Crippen LogP contribution is 2.23. The van der Waals surface area contributed by atoms with E-state index in [2.05, 4.69) is 9.97 Å². The van der Waals surface area contributed by atoms with E-state index in [-0.39, 0.29) is 18.0 Å². The van der Waals surface area contributed by atoms with E-state index in [1.165, 1.54) is 16.2 Å². The number of hydrogen-bond donors (Lipinski definition) is 1. The van der Waals surface area contributed by atoms with Crippen molar-refractivity contribution in [2.75, 3.05) is 7.05 Å². The van der Waals surface area contributed by atoms with Gasteiger partial charge in [0.1, 0.15) is 16.3 Å². The maximum atomic E-state index is 12.6. The van der Waals surface area contributed by atoms with Crippen LogP contribution in [0.25, 0.3) is 10.2 Å². The maximum Gasteiger partial charge on any atom is 0.268 e. The van der Waals surface area contributed by atoms with Gasteiger partial charge in [0, 0.05) is 12.1 Å². The first-order chi connectivity index (χ1) is 12.3. The normalized spacial score (nSPS) is 12.2. The number of nitrogens with zero attached hydrogens (tertiary/aromatic N) is 2. The number of nitrogens with one attached hydrogen (secondary N) is 1. The summed E-state index contributed by atoms with van der Waals surface area (Å²) >= 11 is 7.28. The van der Waals surface area contributed by atoms with Crippen molar-refractivity contribution >= 4 is 39.1 Å². The fourth-order valence-corrected chi connectivity index (χ4v) is 3.55. The van der Waals surface area contributed by atoms with Gasteiger partial charge >= 0.3 is 0 Å². The predicted octanol–water partition coefficient (Wildman–Crippen LogP) is 3.37. The fourth-order valence-electron chi connectivity index (χ4n) is 2.60. The summed E-state index contributed by atoms with van der Waals surface area (Å²) in [5.74, 6) is 0.828. The Balaban J connectivity index is 1.70. The minimum Gasteiger partial charge on any atom is -0.481 e. The zero-order valence-corrected chi connectivity index (χ0v) is 16.1. The molecule has 0 aliphatic carbocycles. The van der Waals surface area contributed by atoms with Crippen LogP contribution in [-0.2, 0) is 11.3 Å². The molecule has 0 aliphatic rings. The summed E-state index contributed by atoms with van der Waals surface area (Å²) in [6.45, 7) is 3.74. The van der Waals surface area contributed by atoms with Gasteiger partial charge in [-0.25, -0.2) is 4.98 Å². The van der Waals surface area contributed by atoms with Crippen LogP contribution in [0.5, 0.6) is 5.75 Å². The van der Waals surface area contributed by atoms with Gasteiger partial charge in [0.25, 0.3) is 11.5 Å². The van der Waals surface area contributed by atoms with Crippen molar-refractivity contribution in [3.63, 3.8) is 0 Å². The van der Waals surface area contributed by atoms with Gasteiger partial charge in [0.2, 0.25) is 0 Å². The highest BCUT2D eigenvalue weighted by atomic mass is 35.5. The number of ether oxygens (including phenoxy) is 1. The molecule has 0 fully saturated rings. The highest BCUT2D eigenvalue weighted by molar-refractivity contribution is 7.17. The van der Waals surface area contributed by atoms with Crippen LogP contribution in [0.3, 0.4) is 0 Å². The number of aromatic nitrogens is 2. The number of likely N-dealkylation sites (N-methyl/N-ethyl adjacent to an activating group) is 1. The van der Waals surface area contributed by atoms with Gasteiger partial charge < -0.3 is 14.6 Å². The van der Waals surface area contributed by atoms with E-state index in [1.807, 2.05) is 12.3 Å². The van der Waals surface area contributed by atoms with Gasteiger partial charge in [0.15, 0.2) is 6.10 Å². The van der Waals surface area contributed by atoms with Crippen molar-refractivity contribution < 1.29 is 9.53 Å². The molecule has 2 aromatic heterocycles. The topological polar surface area (TPSA) is 75.3 Å². The third kappa shape index (κ3) is 3.89. The molecule has 1 atom stereocenters. The van der Waals surface area contributed by atoms with Crippen molar-refractivity contribution in [3.8, 4) is 5.75 Å². The zero-order chi connectivity index (χ0) is 18.8. The maximum absolute atomic E-state index is 12.6. The van der Waals surface area contributed by atoms with E-state index in [0.29, 0.717) is 26.8 Å². The quantitative estimate of drug-likeness (QED) is 0.723. The number of amides is 1. The number of hydrogen-bond acceptors (Lipinski definition) is 5. The SMILES string of the molecule is Cc1cc(Cl)ccc1OC(C)C(=O)N(C)Cc1nc2ccsc2c(=O)[nH]1. The average molecular weight is 392 g/mol. The molecule has 2 heterocycles. The van der Waals surface area contributed by atoms with E-state index in [9.17, 15) is 9.59 Å². The van der Waals surface area contributed by atoms with Crippen molar-refractivity contribution in [3.05, 3.63) is 56.4 Å². The Morgan fingerprint density at radius 2 is 2.19 bits per heavy atom. The van der Waals surface area contributed by atoms with E-state index in [1.54, 1.807) is 38.2 Å². The Kier molecular flexibility index (Phi) is 5.29. The molecule has 1 N–H and O–H groups in total. The van der Waals surface area contributed by atoms with Gasteiger partial charge in [0.05, 0.1) is 12.1 Å². The summed E-state index contributed by atoms with van der Waals surface area (Å²) < 4.78 is 6.34. The Bertz CT molecular complexity index is 1010. The fraction of sp³-hybridized carbons (Fsp3) is 0.278. The molecule has 26 heavy (non-hydrogen) atoms. The van der Waals surface area contributed by atoms with Crippen molar-refractivity contribution in [2.24, 2.45) is 0 Å². The molecule has 136 valence electrons. The molecule has 0 aliphatic heterocycles. The minimum absolute atomic E-state index is 0.188. The lowest BCUT2D eigenvalue weighted by atomic mass is 10.2. The summed E-state index contributed by atoms with van der Waals surface area (Å²) in [7, 11) is 1.65. The molecule has 0 radical (unpaired) electrons. The first-order valence-corrected chi connectivity index (χ1v) is 9.25. The molecule has 1 amide bonds. The van der Waals surface area contributed by atoms with Crippen LogP contribution >= 0.6 is 22.9 Å². The molecule has 1 unspecified atom stereocenters. The number of carbonyl (C=O) groups is 1. The molecule has 0 saturated carbocycles. The predicted molar refractivity (Wildman–Crippen MR) is 103 cm³/mol. The highest BCUT2D eigenvalue weighted by Gasteiger charge is 2.21. The third-order valence-corrected chi connectivity index (χ3v) is 5.05. The molecule has 0 saturated heterocycles. The number of rotatable bonds is 5. The number of fused-ring (bicyclic) bond motifs is 1. The van der Waals surface area contributed by atoms with E-state index in [4.69, 9.17) is 16.3 Å². The lowest BCUT2D eigenvalue weighted by Crippen LogP contribution is -2.38. The molecule has 1 aromatic carbocycles. The van der Waals surface area contributed by atoms with Gasteiger partial charge in [-0.15, -0.1) is 11.3 Å². The second kappa shape index (κ2) is 7.47. The molecule has 0 spiro atoms. The molecule has 0 bridgehead atoms. The molecule has 8 heteroatoms. The lowest BCUT2D eigenvalue weighted by Gasteiger charge is -2.22. The Hall–Kier alpha value is -2.38. The van der Waals surface area contributed by atoms with Crippen LogP contribution in [0.4, 0.5) is 0 Å². The number of H-pyrrole nitrogens is 1. The van der Waals surface area contributed by atoms with Gasteiger partial charge in [-0.2, -0.15) is 0 Å². The van der Waals surface area contributed by atoms with Crippen LogP contribution in [0, 0.1) is 6.92 Å². The number of thiophene rings is 1. The van der Waals surface area contributed by atoms with Crippen LogP contribution in [0.1, 0.15) is 18.3 Å².